The van der Waals surface area contributed by atoms with Crippen molar-refractivity contribution in [2.75, 3.05) is 0 Å². The van der Waals surface area contributed by atoms with Crippen LogP contribution in [0.1, 0.15) is 27.9 Å². The minimum atomic E-state index is -4.92. The Morgan fingerprint density at radius 1 is 0.909 bits per heavy atom. The van der Waals surface area contributed by atoms with Crippen molar-refractivity contribution in [3.63, 3.8) is 0 Å². The number of alkyl halides is 6. The average Bonchev–Trinajstić information content (AvgIpc) is 3.17. The Labute approximate surface area is 181 Å². The lowest BCUT2D eigenvalue weighted by molar-refractivity contribution is -0.156. The number of imidazole rings is 1. The largest absolute Gasteiger partial charge is 0.418 e. The first-order chi connectivity index (χ1) is 15.6. The second kappa shape index (κ2) is 8.19. The standard InChI is InChI=1S/C21H13F6N5O/c22-20(23,24)12-6-5-11-32-16(12)15(13-7-1-3-9-28-13)30-18(32)19(33)31-17(21(25,26)27)14-8-2-4-10-29-14/h1-11,17H,(H,31,33). The van der Waals surface area contributed by atoms with E-state index < -0.39 is 46.9 Å². The number of amides is 1. The topological polar surface area (TPSA) is 72.2 Å². The van der Waals surface area contributed by atoms with Crippen molar-refractivity contribution in [2.24, 2.45) is 0 Å². The van der Waals surface area contributed by atoms with E-state index in [-0.39, 0.29) is 11.4 Å². The summed E-state index contributed by atoms with van der Waals surface area (Å²) in [5.41, 5.74) is -2.39. The number of nitrogens with zero attached hydrogens (tertiary/aromatic N) is 4. The number of hydrogen-bond donors (Lipinski definition) is 1. The zero-order chi connectivity index (χ0) is 23.8. The van der Waals surface area contributed by atoms with Gasteiger partial charge in [-0.15, -0.1) is 0 Å². The van der Waals surface area contributed by atoms with E-state index in [0.29, 0.717) is 0 Å². The molecule has 0 saturated carbocycles. The summed E-state index contributed by atoms with van der Waals surface area (Å²) in [6, 6.07) is 7.51. The highest BCUT2D eigenvalue weighted by molar-refractivity contribution is 5.95. The van der Waals surface area contributed by atoms with E-state index in [1.54, 1.807) is 5.32 Å². The van der Waals surface area contributed by atoms with E-state index in [1.165, 1.54) is 36.5 Å². The molecule has 170 valence electrons. The van der Waals surface area contributed by atoms with Crippen LogP contribution in [0.25, 0.3) is 16.9 Å². The van der Waals surface area contributed by atoms with Crippen LogP contribution in [0.3, 0.4) is 0 Å². The molecule has 0 aromatic carbocycles. The Kier molecular flexibility index (Phi) is 5.52. The van der Waals surface area contributed by atoms with Gasteiger partial charge in [0.05, 0.1) is 22.5 Å². The molecule has 4 rings (SSSR count). The van der Waals surface area contributed by atoms with Crippen LogP contribution in [-0.2, 0) is 6.18 Å². The number of carbonyl (C=O) groups is 1. The van der Waals surface area contributed by atoms with Gasteiger partial charge >= 0.3 is 12.4 Å². The lowest BCUT2D eigenvalue weighted by atomic mass is 10.1. The molecule has 33 heavy (non-hydrogen) atoms. The molecule has 1 amide bonds. The molecule has 6 nitrogen and oxygen atoms in total. The highest BCUT2D eigenvalue weighted by Crippen LogP contribution is 2.37. The molecular weight excluding hydrogens is 452 g/mol. The first-order valence-electron chi connectivity index (χ1n) is 9.35. The molecule has 4 heterocycles. The van der Waals surface area contributed by atoms with Crippen LogP contribution in [0.15, 0.2) is 67.1 Å². The van der Waals surface area contributed by atoms with Gasteiger partial charge in [-0.2, -0.15) is 26.3 Å². The molecule has 0 radical (unpaired) electrons. The second-order valence-electron chi connectivity index (χ2n) is 6.84. The number of nitrogens with one attached hydrogen (secondary N) is 1. The lowest BCUT2D eigenvalue weighted by Crippen LogP contribution is -2.39. The zero-order valence-electron chi connectivity index (χ0n) is 16.4. The third-order valence-electron chi connectivity index (χ3n) is 4.67. The van der Waals surface area contributed by atoms with Gasteiger partial charge in [-0.05, 0) is 36.4 Å². The molecule has 12 heteroatoms. The first-order valence-corrected chi connectivity index (χ1v) is 9.35. The summed E-state index contributed by atoms with van der Waals surface area (Å²) >= 11 is 0. The maximum Gasteiger partial charge on any atom is 0.418 e. The Morgan fingerprint density at radius 2 is 1.61 bits per heavy atom. The molecule has 0 aliphatic heterocycles. The summed E-state index contributed by atoms with van der Waals surface area (Å²) < 4.78 is 82.8. The number of halogens is 6. The minimum absolute atomic E-state index is 0.0165. The molecule has 0 fully saturated rings. The molecule has 0 aliphatic carbocycles. The second-order valence-corrected chi connectivity index (χ2v) is 6.84. The summed E-state index contributed by atoms with van der Waals surface area (Å²) in [6.45, 7) is 0. The van der Waals surface area contributed by atoms with E-state index in [4.69, 9.17) is 0 Å². The summed E-state index contributed by atoms with van der Waals surface area (Å²) in [5, 5.41) is 1.79. The van der Waals surface area contributed by atoms with Crippen molar-refractivity contribution in [2.45, 2.75) is 18.4 Å². The SMILES string of the molecule is O=C(NC(c1ccccn1)C(F)(F)F)c1nc(-c2ccccn2)c2c(C(F)(F)F)cccn12. The molecule has 0 aliphatic rings. The van der Waals surface area contributed by atoms with E-state index in [0.717, 1.165) is 35.0 Å². The third-order valence-corrected chi connectivity index (χ3v) is 4.67. The van der Waals surface area contributed by atoms with Gasteiger partial charge in [0.15, 0.2) is 6.04 Å². The Morgan fingerprint density at radius 3 is 2.18 bits per heavy atom. The van der Waals surface area contributed by atoms with Crippen molar-refractivity contribution in [3.05, 3.63) is 84.2 Å². The quantitative estimate of drug-likeness (QED) is 0.438. The molecular formula is C21H13F6N5O. The van der Waals surface area contributed by atoms with Gasteiger partial charge in [0, 0.05) is 18.6 Å². The van der Waals surface area contributed by atoms with Gasteiger partial charge in [-0.25, -0.2) is 4.98 Å². The molecule has 0 bridgehead atoms. The monoisotopic (exact) mass is 465 g/mol. The van der Waals surface area contributed by atoms with Crippen molar-refractivity contribution in [1.29, 1.82) is 0 Å². The van der Waals surface area contributed by atoms with E-state index in [9.17, 15) is 31.1 Å². The number of rotatable bonds is 4. The number of fused-ring (bicyclic) bond motifs is 1. The van der Waals surface area contributed by atoms with E-state index in [1.807, 2.05) is 0 Å². The fraction of sp³-hybridized carbons (Fsp3) is 0.143. The van der Waals surface area contributed by atoms with Crippen LogP contribution >= 0.6 is 0 Å². The number of hydrogen-bond acceptors (Lipinski definition) is 4. The fourth-order valence-electron chi connectivity index (χ4n) is 3.28. The molecule has 1 N–H and O–H groups in total. The Hall–Kier alpha value is -3.96. The maximum absolute atomic E-state index is 13.7. The summed E-state index contributed by atoms with van der Waals surface area (Å²) in [6.07, 6.45) is -6.18. The average molecular weight is 465 g/mol. The molecule has 0 saturated heterocycles. The van der Waals surface area contributed by atoms with Gasteiger partial charge in [0.25, 0.3) is 5.91 Å². The van der Waals surface area contributed by atoms with Crippen molar-refractivity contribution in [1.82, 2.24) is 24.7 Å². The number of carbonyl (C=O) groups excluding carboxylic acids is 1. The van der Waals surface area contributed by atoms with Gasteiger partial charge in [-0.1, -0.05) is 12.1 Å². The molecule has 4 aromatic heterocycles. The van der Waals surface area contributed by atoms with Gasteiger partial charge < -0.3 is 5.32 Å². The highest BCUT2D eigenvalue weighted by Gasteiger charge is 2.44. The maximum atomic E-state index is 13.7. The van der Waals surface area contributed by atoms with Crippen LogP contribution < -0.4 is 5.32 Å². The fourth-order valence-corrected chi connectivity index (χ4v) is 3.28. The number of aromatic nitrogens is 4. The Balaban J connectivity index is 1.87. The molecule has 4 aromatic rings. The smallest absolute Gasteiger partial charge is 0.333 e. The molecule has 1 unspecified atom stereocenters. The Bertz CT molecular complexity index is 1290. The molecule has 0 spiro atoms. The van der Waals surface area contributed by atoms with Crippen LogP contribution in [0.5, 0.6) is 0 Å². The third kappa shape index (κ3) is 4.36. The first kappa shape index (κ1) is 22.2. The minimum Gasteiger partial charge on any atom is -0.333 e. The zero-order valence-corrected chi connectivity index (χ0v) is 16.4. The summed E-state index contributed by atoms with van der Waals surface area (Å²) in [4.78, 5) is 24.4. The van der Waals surface area contributed by atoms with Crippen molar-refractivity contribution in [3.8, 4) is 11.4 Å². The van der Waals surface area contributed by atoms with Crippen LogP contribution in [-0.4, -0.2) is 31.4 Å². The summed E-state index contributed by atoms with van der Waals surface area (Å²) in [7, 11) is 0. The van der Waals surface area contributed by atoms with Crippen LogP contribution in [0.4, 0.5) is 26.3 Å². The predicted octanol–water partition coefficient (Wildman–Crippen LogP) is 4.84. The predicted molar refractivity (Wildman–Crippen MR) is 104 cm³/mol. The summed E-state index contributed by atoms with van der Waals surface area (Å²) in [5.74, 6) is -2.00. The van der Waals surface area contributed by atoms with Crippen molar-refractivity contribution < 1.29 is 31.1 Å². The van der Waals surface area contributed by atoms with Gasteiger partial charge in [0.1, 0.15) is 5.69 Å². The molecule has 1 atom stereocenters. The van der Waals surface area contributed by atoms with Crippen LogP contribution in [0, 0.1) is 0 Å². The lowest BCUT2D eigenvalue weighted by Gasteiger charge is -2.20. The van der Waals surface area contributed by atoms with Crippen molar-refractivity contribution >= 4 is 11.4 Å². The van der Waals surface area contributed by atoms with Crippen LogP contribution in [0.2, 0.25) is 0 Å². The van der Waals surface area contributed by atoms with Gasteiger partial charge in [-0.3, -0.25) is 19.2 Å². The van der Waals surface area contributed by atoms with Gasteiger partial charge in [0.2, 0.25) is 5.82 Å². The number of pyridine rings is 3. The van der Waals surface area contributed by atoms with E-state index >= 15 is 0 Å². The highest BCUT2D eigenvalue weighted by atomic mass is 19.4. The van der Waals surface area contributed by atoms with E-state index in [2.05, 4.69) is 15.0 Å². The normalized spacial score (nSPS) is 13.2.